The Balaban J connectivity index is 1.36. The number of imide groups is 1. The number of carbonyl (C=O) groups is 3. The minimum atomic E-state index is -3.77. The fourth-order valence-corrected chi connectivity index (χ4v) is 5.64. The molecule has 3 aromatic carbocycles. The van der Waals surface area contributed by atoms with Crippen LogP contribution < -0.4 is 14.9 Å². The van der Waals surface area contributed by atoms with Gasteiger partial charge in [0.2, 0.25) is 0 Å². The molecule has 2 N–H and O–H groups in total. The number of sulfonamides is 1. The van der Waals surface area contributed by atoms with Crippen molar-refractivity contribution in [1.82, 2.24) is 5.32 Å². The van der Waals surface area contributed by atoms with Gasteiger partial charge in [0.1, 0.15) is 0 Å². The number of aryl methyl sites for hydroxylation is 1. The number of nitrogens with zero attached hydrogens (tertiary/aromatic N) is 1. The second kappa shape index (κ2) is 7.86. The third-order valence-electron chi connectivity index (χ3n) is 5.77. The number of para-hydroxylation sites is 1. The van der Waals surface area contributed by atoms with Gasteiger partial charge in [-0.05, 0) is 66.9 Å². The average Bonchev–Trinajstić information content (AvgIpc) is 3.11. The lowest BCUT2D eigenvalue weighted by Crippen LogP contribution is -2.35. The maximum Gasteiger partial charge on any atom is 0.264 e. The zero-order valence-corrected chi connectivity index (χ0v) is 18.2. The Labute approximate surface area is 190 Å². The van der Waals surface area contributed by atoms with E-state index in [9.17, 15) is 22.8 Å². The van der Waals surface area contributed by atoms with Crippen LogP contribution >= 0.6 is 0 Å². The molecule has 0 saturated carbocycles. The molecule has 8 nitrogen and oxygen atoms in total. The van der Waals surface area contributed by atoms with Gasteiger partial charge in [-0.25, -0.2) is 8.42 Å². The molecule has 0 aliphatic carbocycles. The minimum absolute atomic E-state index is 0.100. The lowest BCUT2D eigenvalue weighted by atomic mass is 10.0. The summed E-state index contributed by atoms with van der Waals surface area (Å²) < 4.78 is 27.9. The quantitative estimate of drug-likeness (QED) is 0.580. The lowest BCUT2D eigenvalue weighted by molar-refractivity contribution is 0.0878. The van der Waals surface area contributed by atoms with Crippen molar-refractivity contribution in [3.63, 3.8) is 0 Å². The summed E-state index contributed by atoms with van der Waals surface area (Å²) in [5.41, 5.74) is 2.74. The summed E-state index contributed by atoms with van der Waals surface area (Å²) in [5.74, 6) is -1.45. The average molecular weight is 461 g/mol. The number of hydrogen-bond acceptors (Lipinski definition) is 5. The Kier molecular flexibility index (Phi) is 4.98. The van der Waals surface area contributed by atoms with Gasteiger partial charge < -0.3 is 5.32 Å². The highest BCUT2D eigenvalue weighted by Gasteiger charge is 2.29. The van der Waals surface area contributed by atoms with Gasteiger partial charge in [-0.3, -0.25) is 24.0 Å². The molecule has 3 aromatic rings. The molecule has 5 rings (SSSR count). The second-order valence-corrected chi connectivity index (χ2v) is 9.69. The summed E-state index contributed by atoms with van der Waals surface area (Å²) in [4.78, 5) is 36.2. The van der Waals surface area contributed by atoms with Gasteiger partial charge in [-0.2, -0.15) is 0 Å². The SMILES string of the molecule is O=C(Nc1ccc2c(c1)C(=O)NC2=O)c1ccc(S(=O)(=O)N2CCCc3ccccc32)cc1. The number of amides is 3. The predicted molar refractivity (Wildman–Crippen MR) is 122 cm³/mol. The van der Waals surface area contributed by atoms with Crippen LogP contribution in [0.2, 0.25) is 0 Å². The summed E-state index contributed by atoms with van der Waals surface area (Å²) >= 11 is 0. The second-order valence-electron chi connectivity index (χ2n) is 7.83. The van der Waals surface area contributed by atoms with Crippen LogP contribution in [0.3, 0.4) is 0 Å². The summed E-state index contributed by atoms with van der Waals surface area (Å²) in [6.45, 7) is 0.399. The third-order valence-corrected chi connectivity index (χ3v) is 7.59. The molecule has 0 aromatic heterocycles. The Bertz CT molecular complexity index is 1410. The summed E-state index contributed by atoms with van der Waals surface area (Å²) in [6.07, 6.45) is 1.57. The number of hydrogen-bond donors (Lipinski definition) is 2. The van der Waals surface area contributed by atoms with E-state index >= 15 is 0 Å². The summed E-state index contributed by atoms with van der Waals surface area (Å²) in [5, 5.41) is 4.86. The Morgan fingerprint density at radius 1 is 0.909 bits per heavy atom. The number of rotatable bonds is 4. The molecule has 166 valence electrons. The molecule has 9 heteroatoms. The van der Waals surface area contributed by atoms with Crippen LogP contribution in [-0.2, 0) is 16.4 Å². The van der Waals surface area contributed by atoms with Crippen molar-refractivity contribution >= 4 is 39.1 Å². The van der Waals surface area contributed by atoms with Gasteiger partial charge in [0.15, 0.2) is 0 Å². The van der Waals surface area contributed by atoms with Crippen LogP contribution in [0.4, 0.5) is 11.4 Å². The molecule has 0 bridgehead atoms. The van der Waals surface area contributed by atoms with E-state index in [1.807, 2.05) is 18.2 Å². The first-order chi connectivity index (χ1) is 15.8. The Morgan fingerprint density at radius 2 is 1.64 bits per heavy atom. The molecule has 0 atom stereocenters. The highest BCUT2D eigenvalue weighted by atomic mass is 32.2. The smallest absolute Gasteiger partial charge is 0.264 e. The molecule has 0 unspecified atom stereocenters. The van der Waals surface area contributed by atoms with Crippen LogP contribution in [0.25, 0.3) is 0 Å². The van der Waals surface area contributed by atoms with E-state index in [1.54, 1.807) is 6.07 Å². The number of anilines is 2. The fourth-order valence-electron chi connectivity index (χ4n) is 4.10. The molecule has 2 aliphatic heterocycles. The van der Waals surface area contributed by atoms with Crippen molar-refractivity contribution in [1.29, 1.82) is 0 Å². The lowest BCUT2D eigenvalue weighted by Gasteiger charge is -2.30. The first-order valence-corrected chi connectivity index (χ1v) is 11.8. The van der Waals surface area contributed by atoms with Crippen LogP contribution in [0.1, 0.15) is 43.1 Å². The fraction of sp³-hybridized carbons (Fsp3) is 0.125. The first kappa shape index (κ1) is 20.9. The van der Waals surface area contributed by atoms with Crippen molar-refractivity contribution in [2.24, 2.45) is 0 Å². The third kappa shape index (κ3) is 3.66. The molecule has 2 aliphatic rings. The van der Waals surface area contributed by atoms with Gasteiger partial charge in [-0.1, -0.05) is 18.2 Å². The van der Waals surface area contributed by atoms with Crippen LogP contribution in [0.15, 0.2) is 71.6 Å². The van der Waals surface area contributed by atoms with Crippen molar-refractivity contribution in [2.75, 3.05) is 16.2 Å². The number of fused-ring (bicyclic) bond motifs is 2. The van der Waals surface area contributed by atoms with Crippen LogP contribution in [-0.4, -0.2) is 32.7 Å². The molecular weight excluding hydrogens is 442 g/mol. The van der Waals surface area contributed by atoms with E-state index in [-0.39, 0.29) is 21.6 Å². The van der Waals surface area contributed by atoms with Crippen molar-refractivity contribution in [3.8, 4) is 0 Å². The first-order valence-electron chi connectivity index (χ1n) is 10.4. The molecule has 33 heavy (non-hydrogen) atoms. The molecule has 0 saturated heterocycles. The van der Waals surface area contributed by atoms with Crippen molar-refractivity contribution in [2.45, 2.75) is 17.7 Å². The van der Waals surface area contributed by atoms with Crippen molar-refractivity contribution in [3.05, 3.63) is 89.0 Å². The van der Waals surface area contributed by atoms with E-state index < -0.39 is 27.7 Å². The zero-order valence-electron chi connectivity index (χ0n) is 17.4. The van der Waals surface area contributed by atoms with Gasteiger partial charge >= 0.3 is 0 Å². The largest absolute Gasteiger partial charge is 0.322 e. The van der Waals surface area contributed by atoms with Crippen LogP contribution in [0.5, 0.6) is 0 Å². The number of carbonyl (C=O) groups excluding carboxylic acids is 3. The minimum Gasteiger partial charge on any atom is -0.322 e. The highest BCUT2D eigenvalue weighted by Crippen LogP contribution is 2.32. The molecular formula is C24H19N3O5S. The summed E-state index contributed by atoms with van der Waals surface area (Å²) in [7, 11) is -3.77. The van der Waals surface area contributed by atoms with Gasteiger partial charge in [0.25, 0.3) is 27.7 Å². The normalized spacial score (nSPS) is 15.0. The molecule has 2 heterocycles. The zero-order chi connectivity index (χ0) is 23.2. The van der Waals surface area contributed by atoms with Gasteiger partial charge in [0, 0.05) is 17.8 Å². The standard InChI is InChI=1S/C24H19N3O5S/c28-22(25-17-9-12-19-20(14-17)24(30)26-23(19)29)16-7-10-18(11-8-16)33(31,32)27-13-3-5-15-4-1-2-6-21(15)27/h1-2,4,6-12,14H,3,5,13H2,(H,25,28)(H,26,29,30). The molecule has 0 fully saturated rings. The molecule has 0 radical (unpaired) electrons. The van der Waals surface area contributed by atoms with E-state index in [1.165, 1.54) is 46.8 Å². The van der Waals surface area contributed by atoms with E-state index in [0.29, 0.717) is 17.9 Å². The predicted octanol–water partition coefficient (Wildman–Crippen LogP) is 2.96. The maximum absolute atomic E-state index is 13.2. The topological polar surface area (TPSA) is 113 Å². The summed E-state index contributed by atoms with van der Waals surface area (Å²) in [6, 6.07) is 17.6. The number of benzene rings is 3. The highest BCUT2D eigenvalue weighted by molar-refractivity contribution is 7.92. The van der Waals surface area contributed by atoms with Gasteiger partial charge in [-0.15, -0.1) is 0 Å². The maximum atomic E-state index is 13.2. The van der Waals surface area contributed by atoms with E-state index in [0.717, 1.165) is 18.4 Å². The van der Waals surface area contributed by atoms with E-state index in [2.05, 4.69) is 10.6 Å². The Morgan fingerprint density at radius 3 is 2.42 bits per heavy atom. The molecule has 0 spiro atoms. The van der Waals surface area contributed by atoms with E-state index in [4.69, 9.17) is 0 Å². The van der Waals surface area contributed by atoms with Crippen molar-refractivity contribution < 1.29 is 22.8 Å². The van der Waals surface area contributed by atoms with Gasteiger partial charge in [0.05, 0.1) is 21.7 Å². The number of nitrogens with one attached hydrogen (secondary N) is 2. The van der Waals surface area contributed by atoms with Crippen LogP contribution in [0, 0.1) is 0 Å². The monoisotopic (exact) mass is 461 g/mol. The molecule has 3 amide bonds. The Hall–Kier alpha value is -3.98.